The van der Waals surface area contributed by atoms with Crippen molar-refractivity contribution in [3.05, 3.63) is 39.5 Å². The van der Waals surface area contributed by atoms with Crippen molar-refractivity contribution in [3.8, 4) is 17.1 Å². The Bertz CT molecular complexity index is 938. The van der Waals surface area contributed by atoms with Crippen molar-refractivity contribution in [1.82, 2.24) is 14.8 Å². The van der Waals surface area contributed by atoms with Crippen molar-refractivity contribution in [2.45, 2.75) is 20.8 Å². The first-order valence-electron chi connectivity index (χ1n) is 6.92. The molecule has 2 heterocycles. The monoisotopic (exact) mass is 299 g/mol. The van der Waals surface area contributed by atoms with Gasteiger partial charge in [0.25, 0.3) is 0 Å². The maximum absolute atomic E-state index is 11.9. The number of benzene rings is 1. The Morgan fingerprint density at radius 3 is 2.50 bits per heavy atom. The van der Waals surface area contributed by atoms with Crippen molar-refractivity contribution in [2.24, 2.45) is 7.05 Å². The molecular formula is C16H17N3O3. The van der Waals surface area contributed by atoms with Crippen LogP contribution in [0.15, 0.2) is 21.3 Å². The zero-order valence-electron chi connectivity index (χ0n) is 13.2. The second kappa shape index (κ2) is 4.98. The van der Waals surface area contributed by atoms with E-state index in [1.54, 1.807) is 24.8 Å². The van der Waals surface area contributed by atoms with Crippen LogP contribution in [0.25, 0.3) is 22.4 Å². The summed E-state index contributed by atoms with van der Waals surface area (Å²) in [6, 6.07) is 3.69. The van der Waals surface area contributed by atoms with Crippen LogP contribution in [0.5, 0.6) is 5.75 Å². The van der Waals surface area contributed by atoms with Gasteiger partial charge in [0.2, 0.25) is 0 Å². The van der Waals surface area contributed by atoms with Gasteiger partial charge in [-0.2, -0.15) is 5.10 Å². The molecule has 114 valence electrons. The molecule has 0 amide bonds. The van der Waals surface area contributed by atoms with Crippen LogP contribution in [0.4, 0.5) is 0 Å². The van der Waals surface area contributed by atoms with Gasteiger partial charge in [-0.05, 0) is 38.5 Å². The molecule has 0 atom stereocenters. The molecule has 0 aliphatic heterocycles. The van der Waals surface area contributed by atoms with Crippen LogP contribution in [0.1, 0.15) is 17.0 Å². The van der Waals surface area contributed by atoms with Crippen molar-refractivity contribution in [1.29, 1.82) is 0 Å². The lowest BCUT2D eigenvalue weighted by Gasteiger charge is -2.11. The molecule has 22 heavy (non-hydrogen) atoms. The molecule has 0 aliphatic carbocycles. The minimum atomic E-state index is -0.335. The Morgan fingerprint density at radius 2 is 1.91 bits per heavy atom. The summed E-state index contributed by atoms with van der Waals surface area (Å²) in [7, 11) is 3.42. The van der Waals surface area contributed by atoms with E-state index < -0.39 is 0 Å². The number of hydrogen-bond acceptors (Lipinski definition) is 5. The first-order chi connectivity index (χ1) is 10.4. The summed E-state index contributed by atoms with van der Waals surface area (Å²) in [5, 5.41) is 5.05. The molecule has 6 heteroatoms. The standard InChI is InChI=1S/C16H17N3O3/c1-8-9(2)16(20)22-13-7-11(6-12(21-5)14(8)13)15-17-10(3)18-19(15)4/h6-7H,1-5H3. The molecule has 3 aromatic rings. The average Bonchev–Trinajstić information content (AvgIpc) is 2.82. The maximum Gasteiger partial charge on any atom is 0.339 e. The highest BCUT2D eigenvalue weighted by molar-refractivity contribution is 5.91. The van der Waals surface area contributed by atoms with Crippen LogP contribution in [0.2, 0.25) is 0 Å². The average molecular weight is 299 g/mol. The van der Waals surface area contributed by atoms with Gasteiger partial charge in [0.05, 0.1) is 12.5 Å². The van der Waals surface area contributed by atoms with E-state index in [1.807, 2.05) is 27.0 Å². The lowest BCUT2D eigenvalue weighted by atomic mass is 10.0. The van der Waals surface area contributed by atoms with E-state index in [4.69, 9.17) is 9.15 Å². The van der Waals surface area contributed by atoms with Gasteiger partial charge in [0.1, 0.15) is 17.2 Å². The highest BCUT2D eigenvalue weighted by Crippen LogP contribution is 2.33. The van der Waals surface area contributed by atoms with Gasteiger partial charge in [-0.3, -0.25) is 0 Å². The van der Waals surface area contributed by atoms with E-state index in [0.717, 1.165) is 16.5 Å². The number of ether oxygens (including phenoxy) is 1. The normalized spacial score (nSPS) is 11.1. The van der Waals surface area contributed by atoms with E-state index in [0.29, 0.717) is 28.5 Å². The Hall–Kier alpha value is -2.63. The Balaban J connectivity index is 2.39. The van der Waals surface area contributed by atoms with Gasteiger partial charge in [-0.25, -0.2) is 14.5 Å². The SMILES string of the molecule is COc1cc(-c2nc(C)nn2C)cc2oc(=O)c(C)c(C)c12. The van der Waals surface area contributed by atoms with Crippen LogP contribution in [0.3, 0.4) is 0 Å². The Labute approximate surface area is 127 Å². The molecule has 0 fully saturated rings. The quantitative estimate of drug-likeness (QED) is 0.680. The van der Waals surface area contributed by atoms with Gasteiger partial charge in [0.15, 0.2) is 5.82 Å². The summed E-state index contributed by atoms with van der Waals surface area (Å²) in [6.07, 6.45) is 0. The number of methoxy groups -OCH3 is 1. The first kappa shape index (κ1) is 14.3. The van der Waals surface area contributed by atoms with E-state index in [9.17, 15) is 4.79 Å². The molecule has 0 bridgehead atoms. The predicted molar refractivity (Wildman–Crippen MR) is 83.2 cm³/mol. The minimum absolute atomic E-state index is 0.335. The van der Waals surface area contributed by atoms with Crippen LogP contribution < -0.4 is 10.4 Å². The second-order valence-electron chi connectivity index (χ2n) is 5.30. The van der Waals surface area contributed by atoms with Crippen molar-refractivity contribution in [3.63, 3.8) is 0 Å². The fourth-order valence-corrected chi connectivity index (χ4v) is 2.61. The van der Waals surface area contributed by atoms with Crippen LogP contribution in [-0.4, -0.2) is 21.9 Å². The number of nitrogens with zero attached hydrogens (tertiary/aromatic N) is 3. The smallest absolute Gasteiger partial charge is 0.339 e. The van der Waals surface area contributed by atoms with Crippen molar-refractivity contribution >= 4 is 11.0 Å². The zero-order valence-corrected chi connectivity index (χ0v) is 13.2. The van der Waals surface area contributed by atoms with Crippen molar-refractivity contribution in [2.75, 3.05) is 7.11 Å². The molecule has 0 radical (unpaired) electrons. The third kappa shape index (κ3) is 2.07. The number of fused-ring (bicyclic) bond motifs is 1. The Morgan fingerprint density at radius 1 is 1.18 bits per heavy atom. The predicted octanol–water partition coefficient (Wildman–Crippen LogP) is 2.52. The molecule has 2 aromatic heterocycles. The molecule has 0 saturated heterocycles. The lowest BCUT2D eigenvalue weighted by Crippen LogP contribution is -2.06. The summed E-state index contributed by atoms with van der Waals surface area (Å²) in [5.41, 5.74) is 2.40. The lowest BCUT2D eigenvalue weighted by molar-refractivity contribution is 0.418. The third-order valence-electron chi connectivity index (χ3n) is 3.86. The molecule has 0 N–H and O–H groups in total. The molecule has 6 nitrogen and oxygen atoms in total. The van der Waals surface area contributed by atoms with E-state index in [-0.39, 0.29) is 5.63 Å². The summed E-state index contributed by atoms with van der Waals surface area (Å²) < 4.78 is 12.6. The molecule has 0 aliphatic rings. The number of hydrogen-bond donors (Lipinski definition) is 0. The summed E-state index contributed by atoms with van der Waals surface area (Å²) >= 11 is 0. The second-order valence-corrected chi connectivity index (χ2v) is 5.30. The molecule has 1 aromatic carbocycles. The van der Waals surface area contributed by atoms with Crippen molar-refractivity contribution < 1.29 is 9.15 Å². The number of aromatic nitrogens is 3. The molecule has 0 spiro atoms. The minimum Gasteiger partial charge on any atom is -0.496 e. The van der Waals surface area contributed by atoms with Gasteiger partial charge >= 0.3 is 5.63 Å². The van der Waals surface area contributed by atoms with Gasteiger partial charge in [-0.1, -0.05) is 0 Å². The fraction of sp³-hybridized carbons (Fsp3) is 0.312. The van der Waals surface area contributed by atoms with E-state index >= 15 is 0 Å². The van der Waals surface area contributed by atoms with E-state index in [2.05, 4.69) is 10.1 Å². The van der Waals surface area contributed by atoms with Gasteiger partial charge in [0, 0.05) is 18.2 Å². The Kier molecular flexibility index (Phi) is 3.24. The van der Waals surface area contributed by atoms with Crippen LogP contribution in [0, 0.1) is 20.8 Å². The van der Waals surface area contributed by atoms with Crippen LogP contribution >= 0.6 is 0 Å². The molecule has 3 rings (SSSR count). The largest absolute Gasteiger partial charge is 0.496 e. The summed E-state index contributed by atoms with van der Waals surface area (Å²) in [6.45, 7) is 5.47. The summed E-state index contributed by atoms with van der Waals surface area (Å²) in [4.78, 5) is 16.3. The maximum atomic E-state index is 11.9. The first-order valence-corrected chi connectivity index (χ1v) is 6.92. The molecule has 0 saturated carbocycles. The number of rotatable bonds is 2. The van der Waals surface area contributed by atoms with Gasteiger partial charge in [-0.15, -0.1) is 0 Å². The fourth-order valence-electron chi connectivity index (χ4n) is 2.61. The van der Waals surface area contributed by atoms with E-state index in [1.165, 1.54) is 0 Å². The molecular weight excluding hydrogens is 282 g/mol. The van der Waals surface area contributed by atoms with Crippen LogP contribution in [-0.2, 0) is 7.05 Å². The van der Waals surface area contributed by atoms with Gasteiger partial charge < -0.3 is 9.15 Å². The summed E-state index contributed by atoms with van der Waals surface area (Å²) in [5.74, 6) is 2.02. The molecule has 0 unspecified atom stereocenters. The highest BCUT2D eigenvalue weighted by Gasteiger charge is 2.16. The highest BCUT2D eigenvalue weighted by atomic mass is 16.5. The third-order valence-corrected chi connectivity index (χ3v) is 3.86. The number of aryl methyl sites for hydroxylation is 3. The zero-order chi connectivity index (χ0) is 16.0. The topological polar surface area (TPSA) is 70.2 Å².